The minimum atomic E-state index is 0.359. The van der Waals surface area contributed by atoms with E-state index in [0.29, 0.717) is 16.8 Å². The molecule has 0 aliphatic heterocycles. The fraction of sp³-hybridized carbons (Fsp3) is 0.250. The summed E-state index contributed by atoms with van der Waals surface area (Å²) in [5.74, 6) is 6.48. The predicted molar refractivity (Wildman–Crippen MR) is 81.6 cm³/mol. The Morgan fingerprint density at radius 1 is 1.30 bits per heavy atom. The maximum atomic E-state index is 6.21. The third-order valence-corrected chi connectivity index (χ3v) is 4.52. The van der Waals surface area contributed by atoms with Crippen LogP contribution in [0.2, 0.25) is 5.02 Å². The topological polar surface area (TPSA) is 81.7 Å². The molecule has 0 spiro atoms. The van der Waals surface area contributed by atoms with Gasteiger partial charge in [0.15, 0.2) is 5.82 Å². The lowest BCUT2D eigenvalue weighted by atomic mass is 10.3. The third-order valence-electron chi connectivity index (χ3n) is 3.03. The van der Waals surface area contributed by atoms with Gasteiger partial charge in [0, 0.05) is 4.88 Å². The number of nitrogens with two attached hydrogens (primary N) is 1. The first-order valence-electron chi connectivity index (χ1n) is 5.98. The van der Waals surface area contributed by atoms with Crippen LogP contribution in [0, 0.1) is 20.8 Å². The Balaban J connectivity index is 2.36. The van der Waals surface area contributed by atoms with Crippen molar-refractivity contribution in [1.29, 1.82) is 0 Å². The number of rotatable bonds is 2. The molecule has 6 nitrogen and oxygen atoms in total. The van der Waals surface area contributed by atoms with Gasteiger partial charge >= 0.3 is 0 Å². The lowest BCUT2D eigenvalue weighted by Gasteiger charge is -2.07. The molecule has 3 heterocycles. The maximum absolute atomic E-state index is 6.21. The number of hydrogen-bond donors (Lipinski definition) is 2. The van der Waals surface area contributed by atoms with Gasteiger partial charge in [-0.15, -0.1) is 11.3 Å². The summed E-state index contributed by atoms with van der Waals surface area (Å²) in [5.41, 5.74) is 4.10. The molecule has 0 unspecified atom stereocenters. The zero-order chi connectivity index (χ0) is 14.4. The number of nitrogens with zero attached hydrogens (tertiary/aromatic N) is 4. The number of halogens is 1. The van der Waals surface area contributed by atoms with E-state index in [4.69, 9.17) is 17.4 Å². The lowest BCUT2D eigenvalue weighted by Crippen LogP contribution is -2.13. The van der Waals surface area contributed by atoms with Gasteiger partial charge in [-0.3, -0.25) is 5.43 Å². The van der Waals surface area contributed by atoms with Crippen LogP contribution in [0.3, 0.4) is 0 Å². The average Bonchev–Trinajstić information content (AvgIpc) is 2.92. The van der Waals surface area contributed by atoms with Crippen molar-refractivity contribution in [2.45, 2.75) is 20.8 Å². The van der Waals surface area contributed by atoms with Gasteiger partial charge in [-0.05, 0) is 26.8 Å². The van der Waals surface area contributed by atoms with E-state index < -0.39 is 0 Å². The first kappa shape index (κ1) is 13.3. The molecule has 0 aromatic carbocycles. The number of nitrogen functional groups attached to an aromatic ring is 1. The largest absolute Gasteiger partial charge is 0.292 e. The molecule has 0 amide bonds. The van der Waals surface area contributed by atoms with Crippen LogP contribution in [0.1, 0.15) is 16.3 Å². The quantitative estimate of drug-likeness (QED) is 0.562. The number of aromatic nitrogens is 4. The van der Waals surface area contributed by atoms with Gasteiger partial charge in [-0.1, -0.05) is 11.6 Å². The number of nitrogens with one attached hydrogen (secondary N) is 1. The highest BCUT2D eigenvalue weighted by Gasteiger charge is 2.17. The molecule has 3 N–H and O–H groups in total. The Kier molecular flexibility index (Phi) is 3.12. The van der Waals surface area contributed by atoms with Crippen molar-refractivity contribution in [2.24, 2.45) is 5.84 Å². The number of hydrogen-bond acceptors (Lipinski definition) is 6. The molecule has 8 heteroatoms. The number of hydrazine groups is 1. The summed E-state index contributed by atoms with van der Waals surface area (Å²) >= 11 is 7.80. The summed E-state index contributed by atoms with van der Waals surface area (Å²) in [7, 11) is 0. The van der Waals surface area contributed by atoms with E-state index >= 15 is 0 Å². The highest BCUT2D eigenvalue weighted by Crippen LogP contribution is 2.30. The molecular formula is C12H13ClN6S. The van der Waals surface area contributed by atoms with Crippen molar-refractivity contribution in [1.82, 2.24) is 19.7 Å². The van der Waals surface area contributed by atoms with Crippen LogP contribution in [0.15, 0.2) is 6.07 Å². The minimum absolute atomic E-state index is 0.359. The van der Waals surface area contributed by atoms with E-state index in [1.165, 1.54) is 0 Å². The van der Waals surface area contributed by atoms with Crippen LogP contribution in [-0.4, -0.2) is 19.7 Å². The Labute approximate surface area is 124 Å². The first-order valence-corrected chi connectivity index (χ1v) is 7.17. The predicted octanol–water partition coefficient (Wildman–Crippen LogP) is 2.74. The van der Waals surface area contributed by atoms with E-state index in [0.717, 1.165) is 26.5 Å². The molecule has 0 radical (unpaired) electrons. The Morgan fingerprint density at radius 3 is 2.65 bits per heavy atom. The van der Waals surface area contributed by atoms with Crippen molar-refractivity contribution >= 4 is 39.1 Å². The van der Waals surface area contributed by atoms with Crippen molar-refractivity contribution < 1.29 is 0 Å². The lowest BCUT2D eigenvalue weighted by molar-refractivity contribution is 0.811. The van der Waals surface area contributed by atoms with E-state index in [1.54, 1.807) is 16.0 Å². The summed E-state index contributed by atoms with van der Waals surface area (Å²) in [6.07, 6.45) is 0. The van der Waals surface area contributed by atoms with Crippen molar-refractivity contribution in [3.63, 3.8) is 0 Å². The zero-order valence-corrected chi connectivity index (χ0v) is 12.8. The van der Waals surface area contributed by atoms with Crippen molar-refractivity contribution in [3.8, 4) is 5.82 Å². The molecule has 20 heavy (non-hydrogen) atoms. The number of thiophene rings is 1. The molecule has 0 aliphatic carbocycles. The summed E-state index contributed by atoms with van der Waals surface area (Å²) < 4.78 is 1.73. The molecule has 0 aliphatic rings. The fourth-order valence-corrected chi connectivity index (χ4v) is 3.07. The minimum Gasteiger partial charge on any atom is -0.292 e. The van der Waals surface area contributed by atoms with Gasteiger partial charge in [0.25, 0.3) is 0 Å². The molecule has 3 rings (SSSR count). The number of anilines is 1. The van der Waals surface area contributed by atoms with Crippen LogP contribution >= 0.6 is 22.9 Å². The Bertz CT molecular complexity index is 806. The van der Waals surface area contributed by atoms with Gasteiger partial charge in [0.2, 0.25) is 5.95 Å². The third kappa shape index (κ3) is 1.94. The molecule has 3 aromatic heterocycles. The SMILES string of the molecule is Cc1cc2c(-n3nc(C)c(Cl)c3C)nc(NN)nc2s1. The van der Waals surface area contributed by atoms with Crippen LogP contribution in [0.25, 0.3) is 16.0 Å². The van der Waals surface area contributed by atoms with E-state index in [-0.39, 0.29) is 0 Å². The van der Waals surface area contributed by atoms with Crippen LogP contribution in [-0.2, 0) is 0 Å². The molecular weight excluding hydrogens is 296 g/mol. The first-order chi connectivity index (χ1) is 9.51. The number of aryl methyl sites for hydroxylation is 2. The molecule has 0 atom stereocenters. The molecule has 0 saturated heterocycles. The smallest absolute Gasteiger partial charge is 0.240 e. The number of fused-ring (bicyclic) bond motifs is 1. The van der Waals surface area contributed by atoms with Gasteiger partial charge in [0.1, 0.15) is 4.83 Å². The van der Waals surface area contributed by atoms with E-state index in [2.05, 4.69) is 20.5 Å². The summed E-state index contributed by atoms with van der Waals surface area (Å²) in [6, 6.07) is 2.04. The normalized spacial score (nSPS) is 11.2. The van der Waals surface area contributed by atoms with Crippen LogP contribution in [0.4, 0.5) is 5.95 Å². The average molecular weight is 309 g/mol. The monoisotopic (exact) mass is 308 g/mol. The highest BCUT2D eigenvalue weighted by molar-refractivity contribution is 7.18. The van der Waals surface area contributed by atoms with E-state index in [9.17, 15) is 0 Å². The van der Waals surface area contributed by atoms with Crippen molar-refractivity contribution in [3.05, 3.63) is 27.4 Å². The maximum Gasteiger partial charge on any atom is 0.240 e. The second kappa shape index (κ2) is 4.69. The van der Waals surface area contributed by atoms with Crippen LogP contribution < -0.4 is 11.3 Å². The fourth-order valence-electron chi connectivity index (χ4n) is 2.08. The van der Waals surface area contributed by atoms with Gasteiger partial charge in [-0.2, -0.15) is 10.1 Å². The summed E-state index contributed by atoms with van der Waals surface area (Å²) in [4.78, 5) is 10.8. The second-order valence-corrected chi connectivity index (χ2v) is 6.10. The van der Waals surface area contributed by atoms with Gasteiger partial charge in [-0.25, -0.2) is 15.5 Å². The zero-order valence-electron chi connectivity index (χ0n) is 11.2. The Hall–Kier alpha value is -1.70. The van der Waals surface area contributed by atoms with Gasteiger partial charge < -0.3 is 0 Å². The summed E-state index contributed by atoms with van der Waals surface area (Å²) in [6.45, 7) is 5.80. The molecule has 3 aromatic rings. The molecule has 0 fully saturated rings. The summed E-state index contributed by atoms with van der Waals surface area (Å²) in [5, 5.41) is 6.03. The molecule has 0 saturated carbocycles. The van der Waals surface area contributed by atoms with E-state index in [1.807, 2.05) is 26.8 Å². The Morgan fingerprint density at radius 2 is 2.05 bits per heavy atom. The van der Waals surface area contributed by atoms with Crippen LogP contribution in [0.5, 0.6) is 0 Å². The van der Waals surface area contributed by atoms with Gasteiger partial charge in [0.05, 0.1) is 21.8 Å². The molecule has 104 valence electrons. The second-order valence-electron chi connectivity index (χ2n) is 4.49. The highest BCUT2D eigenvalue weighted by atomic mass is 35.5. The molecule has 0 bridgehead atoms. The standard InChI is InChI=1S/C12H13ClN6S/c1-5-4-8-10(15-12(17-14)16-11(8)20-5)19-7(3)9(13)6(2)18-19/h4H,14H2,1-3H3,(H,15,16,17). The van der Waals surface area contributed by atoms with Crippen molar-refractivity contribution in [2.75, 3.05) is 5.43 Å².